The highest BCUT2D eigenvalue weighted by atomic mass is 32.2. The predicted octanol–water partition coefficient (Wildman–Crippen LogP) is 1.49. The van der Waals surface area contributed by atoms with E-state index in [0.29, 0.717) is 12.1 Å². The summed E-state index contributed by atoms with van der Waals surface area (Å²) in [4.78, 5) is 18.3. The molecule has 1 aliphatic rings. The molecular weight excluding hydrogens is 288 g/mol. The number of fused-ring (bicyclic) bond motifs is 1. The van der Waals surface area contributed by atoms with Gasteiger partial charge in [0.15, 0.2) is 9.84 Å². The summed E-state index contributed by atoms with van der Waals surface area (Å²) in [7, 11) is -1.36. The lowest BCUT2D eigenvalue weighted by Crippen LogP contribution is -2.38. The molecule has 6 heteroatoms. The number of nitrogens with zero attached hydrogens (tertiary/aromatic N) is 2. The topological polar surface area (TPSA) is 67.3 Å². The molecule has 5 nitrogen and oxygen atoms in total. The van der Waals surface area contributed by atoms with Gasteiger partial charge in [0.25, 0.3) is 5.91 Å². The zero-order chi connectivity index (χ0) is 15.0. The quantitative estimate of drug-likeness (QED) is 0.843. The molecule has 1 unspecified atom stereocenters. The fourth-order valence-corrected chi connectivity index (χ4v) is 4.48. The fourth-order valence-electron chi connectivity index (χ4n) is 2.70. The van der Waals surface area contributed by atoms with E-state index in [1.807, 2.05) is 30.3 Å². The van der Waals surface area contributed by atoms with Crippen LogP contribution in [-0.2, 0) is 9.84 Å². The van der Waals surface area contributed by atoms with Crippen LogP contribution in [0.25, 0.3) is 10.8 Å². The van der Waals surface area contributed by atoms with Gasteiger partial charge in [0.1, 0.15) is 5.69 Å². The lowest BCUT2D eigenvalue weighted by Gasteiger charge is -2.23. The van der Waals surface area contributed by atoms with Crippen LogP contribution in [0.15, 0.2) is 36.5 Å². The third-order valence-electron chi connectivity index (χ3n) is 3.95. The van der Waals surface area contributed by atoms with Crippen molar-refractivity contribution in [2.75, 3.05) is 18.6 Å². The second kappa shape index (κ2) is 5.11. The van der Waals surface area contributed by atoms with Crippen LogP contribution in [0.4, 0.5) is 0 Å². The lowest BCUT2D eigenvalue weighted by atomic mass is 10.1. The van der Waals surface area contributed by atoms with Crippen LogP contribution in [0, 0.1) is 0 Å². The molecule has 3 rings (SSSR count). The Morgan fingerprint density at radius 1 is 1.29 bits per heavy atom. The van der Waals surface area contributed by atoms with Gasteiger partial charge < -0.3 is 4.90 Å². The second-order valence-electron chi connectivity index (χ2n) is 5.35. The number of benzene rings is 1. The molecule has 1 aliphatic heterocycles. The summed E-state index contributed by atoms with van der Waals surface area (Å²) in [6.07, 6.45) is 2.10. The Bertz CT molecular complexity index is 796. The van der Waals surface area contributed by atoms with Crippen LogP contribution in [0.2, 0.25) is 0 Å². The number of hydrogen-bond donors (Lipinski definition) is 0. The molecule has 1 aromatic heterocycles. The number of aromatic nitrogens is 1. The van der Waals surface area contributed by atoms with Gasteiger partial charge in [-0.2, -0.15) is 0 Å². The zero-order valence-electron chi connectivity index (χ0n) is 11.7. The first-order valence-corrected chi connectivity index (χ1v) is 8.61. The van der Waals surface area contributed by atoms with Gasteiger partial charge in [-0.25, -0.2) is 8.42 Å². The van der Waals surface area contributed by atoms with Crippen molar-refractivity contribution in [1.82, 2.24) is 9.88 Å². The van der Waals surface area contributed by atoms with Gasteiger partial charge in [-0.15, -0.1) is 0 Å². The maximum atomic E-state index is 12.6. The van der Waals surface area contributed by atoms with E-state index >= 15 is 0 Å². The zero-order valence-corrected chi connectivity index (χ0v) is 12.5. The minimum absolute atomic E-state index is 0.0417. The maximum absolute atomic E-state index is 12.6. The molecule has 0 spiro atoms. The van der Waals surface area contributed by atoms with Crippen LogP contribution >= 0.6 is 0 Å². The summed E-state index contributed by atoms with van der Waals surface area (Å²) in [5.41, 5.74) is 0.375. The van der Waals surface area contributed by atoms with E-state index in [2.05, 4.69) is 4.98 Å². The summed E-state index contributed by atoms with van der Waals surface area (Å²) in [5, 5.41) is 1.74. The van der Waals surface area contributed by atoms with E-state index in [0.717, 1.165) is 10.8 Å². The Labute approximate surface area is 123 Å². The Morgan fingerprint density at radius 2 is 2.05 bits per heavy atom. The van der Waals surface area contributed by atoms with Gasteiger partial charge >= 0.3 is 0 Å². The second-order valence-corrected chi connectivity index (χ2v) is 7.58. The highest BCUT2D eigenvalue weighted by Crippen LogP contribution is 2.21. The lowest BCUT2D eigenvalue weighted by molar-refractivity contribution is 0.0744. The third-order valence-corrected chi connectivity index (χ3v) is 5.70. The van der Waals surface area contributed by atoms with Gasteiger partial charge in [-0.05, 0) is 17.9 Å². The Morgan fingerprint density at radius 3 is 2.76 bits per heavy atom. The van der Waals surface area contributed by atoms with Crippen molar-refractivity contribution < 1.29 is 13.2 Å². The van der Waals surface area contributed by atoms with Gasteiger partial charge in [0.2, 0.25) is 0 Å². The first kappa shape index (κ1) is 14.0. The Kier molecular flexibility index (Phi) is 3.41. The van der Waals surface area contributed by atoms with Gasteiger partial charge in [-0.1, -0.05) is 24.3 Å². The van der Waals surface area contributed by atoms with E-state index in [4.69, 9.17) is 0 Å². The molecule has 0 radical (unpaired) electrons. The molecule has 2 heterocycles. The van der Waals surface area contributed by atoms with Crippen molar-refractivity contribution in [3.05, 3.63) is 42.2 Å². The molecule has 1 amide bonds. The molecule has 0 aliphatic carbocycles. The molecule has 0 bridgehead atoms. The first-order chi connectivity index (χ1) is 9.98. The van der Waals surface area contributed by atoms with Gasteiger partial charge in [-0.3, -0.25) is 9.78 Å². The minimum Gasteiger partial charge on any atom is -0.336 e. The number of sulfone groups is 1. The first-order valence-electron chi connectivity index (χ1n) is 6.79. The molecular formula is C15H16N2O3S. The highest BCUT2D eigenvalue weighted by Gasteiger charge is 2.33. The molecule has 1 aromatic carbocycles. The summed E-state index contributed by atoms with van der Waals surface area (Å²) in [6, 6.07) is 9.14. The summed E-state index contributed by atoms with van der Waals surface area (Å²) >= 11 is 0. The molecule has 0 saturated carbocycles. The van der Waals surface area contributed by atoms with Crippen LogP contribution in [0.1, 0.15) is 16.9 Å². The molecule has 110 valence electrons. The average Bonchev–Trinajstić information content (AvgIpc) is 2.85. The standard InChI is InChI=1S/C15H16N2O3S/c1-17(12-7-9-21(19,20)10-12)15(18)14-13-5-3-2-4-11(13)6-8-16-14/h2-6,8,12H,7,9-10H2,1H3. The van der Waals surface area contributed by atoms with Crippen LogP contribution in [0.3, 0.4) is 0 Å². The van der Waals surface area contributed by atoms with Crippen molar-refractivity contribution in [2.24, 2.45) is 0 Å². The third kappa shape index (κ3) is 2.63. The van der Waals surface area contributed by atoms with Gasteiger partial charge in [0.05, 0.1) is 11.5 Å². The van der Waals surface area contributed by atoms with Crippen molar-refractivity contribution in [2.45, 2.75) is 12.5 Å². The van der Waals surface area contributed by atoms with Crippen molar-refractivity contribution in [3.63, 3.8) is 0 Å². The van der Waals surface area contributed by atoms with E-state index in [-0.39, 0.29) is 23.5 Å². The largest absolute Gasteiger partial charge is 0.336 e. The summed E-state index contributed by atoms with van der Waals surface area (Å²) < 4.78 is 23.1. The number of rotatable bonds is 2. The van der Waals surface area contributed by atoms with Crippen LogP contribution in [-0.4, -0.2) is 48.8 Å². The van der Waals surface area contributed by atoms with Crippen LogP contribution < -0.4 is 0 Å². The molecule has 0 N–H and O–H groups in total. The van der Waals surface area contributed by atoms with Crippen molar-refractivity contribution >= 4 is 26.5 Å². The molecule has 2 aromatic rings. The molecule has 21 heavy (non-hydrogen) atoms. The van der Waals surface area contributed by atoms with Crippen molar-refractivity contribution in [3.8, 4) is 0 Å². The predicted molar refractivity (Wildman–Crippen MR) is 80.9 cm³/mol. The maximum Gasteiger partial charge on any atom is 0.273 e. The SMILES string of the molecule is CN(C(=O)c1nccc2ccccc12)C1CCS(=O)(=O)C1. The number of hydrogen-bond acceptors (Lipinski definition) is 4. The van der Waals surface area contributed by atoms with E-state index in [9.17, 15) is 13.2 Å². The monoisotopic (exact) mass is 304 g/mol. The number of amides is 1. The molecule has 1 saturated heterocycles. The van der Waals surface area contributed by atoms with E-state index < -0.39 is 9.84 Å². The minimum atomic E-state index is -3.01. The van der Waals surface area contributed by atoms with Crippen molar-refractivity contribution in [1.29, 1.82) is 0 Å². The van der Waals surface area contributed by atoms with E-state index in [1.165, 1.54) is 4.90 Å². The molecule has 1 fully saturated rings. The summed E-state index contributed by atoms with van der Waals surface area (Å²) in [5.74, 6) is -0.0352. The fraction of sp³-hybridized carbons (Fsp3) is 0.333. The number of carbonyl (C=O) groups excluding carboxylic acids is 1. The number of pyridine rings is 1. The molecule has 1 atom stereocenters. The van der Waals surface area contributed by atoms with Gasteiger partial charge in [0, 0.05) is 24.7 Å². The normalized spacial score (nSPS) is 20.5. The smallest absolute Gasteiger partial charge is 0.273 e. The highest BCUT2D eigenvalue weighted by molar-refractivity contribution is 7.91. The Hall–Kier alpha value is -1.95. The van der Waals surface area contributed by atoms with Crippen LogP contribution in [0.5, 0.6) is 0 Å². The summed E-state index contributed by atoms with van der Waals surface area (Å²) in [6.45, 7) is 0. The average molecular weight is 304 g/mol. The Balaban J connectivity index is 1.94. The van der Waals surface area contributed by atoms with E-state index in [1.54, 1.807) is 13.2 Å². The number of carbonyl (C=O) groups is 1.